The van der Waals surface area contributed by atoms with Gasteiger partial charge in [0.1, 0.15) is 17.1 Å². The first kappa shape index (κ1) is 12.0. The Bertz CT molecular complexity index is 505. The summed E-state index contributed by atoms with van der Waals surface area (Å²) in [5.41, 5.74) is 7.49. The van der Waals surface area contributed by atoms with Gasteiger partial charge in [-0.1, -0.05) is 0 Å². The van der Waals surface area contributed by atoms with Crippen LogP contribution in [0.1, 0.15) is 18.2 Å². The Labute approximate surface area is 100 Å². The smallest absolute Gasteiger partial charge is 0.135 e. The predicted octanol–water partition coefficient (Wildman–Crippen LogP) is 2.44. The summed E-state index contributed by atoms with van der Waals surface area (Å²) < 4.78 is 16.3. The van der Waals surface area contributed by atoms with Crippen LogP contribution >= 0.6 is 0 Å². The number of rotatable bonds is 5. The van der Waals surface area contributed by atoms with E-state index in [9.17, 15) is 0 Å². The number of methoxy groups -OCH3 is 1. The van der Waals surface area contributed by atoms with Crippen LogP contribution < -0.4 is 10.5 Å². The van der Waals surface area contributed by atoms with Gasteiger partial charge in [0.2, 0.25) is 0 Å². The normalized spacial score (nSPS) is 11.0. The third-order valence-corrected chi connectivity index (χ3v) is 2.63. The lowest BCUT2D eigenvalue weighted by atomic mass is 10.1. The first-order valence-corrected chi connectivity index (χ1v) is 5.66. The lowest BCUT2D eigenvalue weighted by molar-refractivity contribution is 0.184. The van der Waals surface area contributed by atoms with Crippen LogP contribution in [0.4, 0.5) is 0 Å². The summed E-state index contributed by atoms with van der Waals surface area (Å²) in [5.74, 6) is 1.61. The highest BCUT2D eigenvalue weighted by Gasteiger charge is 2.13. The summed E-state index contributed by atoms with van der Waals surface area (Å²) >= 11 is 0. The molecule has 1 aromatic carbocycles. The molecule has 2 N–H and O–H groups in total. The van der Waals surface area contributed by atoms with E-state index in [-0.39, 0.29) is 0 Å². The quantitative estimate of drug-likeness (QED) is 0.864. The second kappa shape index (κ2) is 5.21. The molecule has 1 aromatic heterocycles. The molecule has 4 nitrogen and oxygen atoms in total. The average Bonchev–Trinajstić information content (AvgIpc) is 2.68. The second-order valence-corrected chi connectivity index (χ2v) is 3.73. The molecule has 0 aliphatic rings. The van der Waals surface area contributed by atoms with Gasteiger partial charge in [0.15, 0.2) is 0 Å². The first-order valence-electron chi connectivity index (χ1n) is 5.66. The second-order valence-electron chi connectivity index (χ2n) is 3.73. The molecule has 0 atom stereocenters. The molecule has 0 radical (unpaired) electrons. The molecule has 92 valence electrons. The summed E-state index contributed by atoms with van der Waals surface area (Å²) in [5, 5.41) is 1.01. The molecule has 0 spiro atoms. The Morgan fingerprint density at radius 3 is 2.82 bits per heavy atom. The maximum atomic E-state index is 5.67. The van der Waals surface area contributed by atoms with Crippen LogP contribution in [-0.4, -0.2) is 13.7 Å². The zero-order valence-electron chi connectivity index (χ0n) is 10.2. The van der Waals surface area contributed by atoms with E-state index in [0.29, 0.717) is 19.8 Å². The summed E-state index contributed by atoms with van der Waals surface area (Å²) in [7, 11) is 1.66. The fraction of sp³-hybridized carbons (Fsp3) is 0.385. The molecule has 2 rings (SSSR count). The number of furan rings is 1. The molecule has 0 aliphatic heterocycles. The van der Waals surface area contributed by atoms with Crippen molar-refractivity contribution in [2.45, 2.75) is 20.1 Å². The van der Waals surface area contributed by atoms with Gasteiger partial charge in [-0.05, 0) is 25.1 Å². The average molecular weight is 235 g/mol. The monoisotopic (exact) mass is 235 g/mol. The van der Waals surface area contributed by atoms with E-state index < -0.39 is 0 Å². The molecule has 1 heterocycles. The van der Waals surface area contributed by atoms with Crippen LogP contribution in [0.3, 0.4) is 0 Å². The minimum absolute atomic E-state index is 0.372. The van der Waals surface area contributed by atoms with Crippen LogP contribution in [0.2, 0.25) is 0 Å². The minimum atomic E-state index is 0.372. The van der Waals surface area contributed by atoms with Crippen molar-refractivity contribution in [3.63, 3.8) is 0 Å². The Morgan fingerprint density at radius 1 is 1.35 bits per heavy atom. The van der Waals surface area contributed by atoms with E-state index in [1.54, 1.807) is 7.11 Å². The molecular formula is C13H17NO3. The van der Waals surface area contributed by atoms with Gasteiger partial charge in [-0.25, -0.2) is 0 Å². The van der Waals surface area contributed by atoms with Gasteiger partial charge >= 0.3 is 0 Å². The van der Waals surface area contributed by atoms with E-state index in [1.807, 2.05) is 25.1 Å². The third-order valence-electron chi connectivity index (χ3n) is 2.63. The predicted molar refractivity (Wildman–Crippen MR) is 66.0 cm³/mol. The molecule has 17 heavy (non-hydrogen) atoms. The Kier molecular flexibility index (Phi) is 3.66. The maximum Gasteiger partial charge on any atom is 0.135 e. The molecule has 0 bridgehead atoms. The molecule has 4 heteroatoms. The van der Waals surface area contributed by atoms with Gasteiger partial charge < -0.3 is 19.6 Å². The van der Waals surface area contributed by atoms with Crippen molar-refractivity contribution >= 4 is 11.0 Å². The fourth-order valence-electron chi connectivity index (χ4n) is 1.90. The van der Waals surface area contributed by atoms with Gasteiger partial charge in [0.05, 0.1) is 19.8 Å². The van der Waals surface area contributed by atoms with Crippen molar-refractivity contribution in [2.24, 2.45) is 5.73 Å². The van der Waals surface area contributed by atoms with Crippen molar-refractivity contribution < 1.29 is 13.9 Å². The Balaban J connectivity index is 2.52. The summed E-state index contributed by atoms with van der Waals surface area (Å²) in [6, 6.07) is 5.76. The van der Waals surface area contributed by atoms with Gasteiger partial charge in [-0.3, -0.25) is 0 Å². The van der Waals surface area contributed by atoms with Gasteiger partial charge in [0, 0.05) is 18.1 Å². The highest BCUT2D eigenvalue weighted by atomic mass is 16.5. The van der Waals surface area contributed by atoms with Crippen molar-refractivity contribution in [1.82, 2.24) is 0 Å². The number of hydrogen-bond donors (Lipinski definition) is 1. The fourth-order valence-corrected chi connectivity index (χ4v) is 1.90. The summed E-state index contributed by atoms with van der Waals surface area (Å²) in [6.45, 7) is 3.47. The summed E-state index contributed by atoms with van der Waals surface area (Å²) in [6.07, 6.45) is 0. The zero-order chi connectivity index (χ0) is 12.3. The number of ether oxygens (including phenoxy) is 2. The largest absolute Gasteiger partial charge is 0.494 e. The SMILES string of the molecule is CCOc1ccc2oc(CN)c(COC)c2c1. The van der Waals surface area contributed by atoms with Crippen LogP contribution in [0.25, 0.3) is 11.0 Å². The lowest BCUT2D eigenvalue weighted by Crippen LogP contribution is -1.99. The maximum absolute atomic E-state index is 5.67. The van der Waals surface area contributed by atoms with Crippen molar-refractivity contribution in [1.29, 1.82) is 0 Å². The summed E-state index contributed by atoms with van der Waals surface area (Å²) in [4.78, 5) is 0. The van der Waals surface area contributed by atoms with Crippen molar-refractivity contribution in [3.8, 4) is 5.75 Å². The van der Waals surface area contributed by atoms with Crippen LogP contribution in [0.15, 0.2) is 22.6 Å². The van der Waals surface area contributed by atoms with E-state index in [4.69, 9.17) is 19.6 Å². The van der Waals surface area contributed by atoms with Crippen molar-refractivity contribution in [2.75, 3.05) is 13.7 Å². The standard InChI is InChI=1S/C13H17NO3/c1-3-16-9-4-5-12-10(6-9)11(8-15-2)13(7-14)17-12/h4-6H,3,7-8,14H2,1-2H3. The molecule has 0 saturated carbocycles. The van der Waals surface area contributed by atoms with Crippen molar-refractivity contribution in [3.05, 3.63) is 29.5 Å². The lowest BCUT2D eigenvalue weighted by Gasteiger charge is -2.03. The topological polar surface area (TPSA) is 57.6 Å². The molecule has 2 aromatic rings. The third kappa shape index (κ3) is 2.28. The Hall–Kier alpha value is -1.52. The number of hydrogen-bond acceptors (Lipinski definition) is 4. The molecule has 0 fully saturated rings. The van der Waals surface area contributed by atoms with Gasteiger partial charge in [-0.2, -0.15) is 0 Å². The van der Waals surface area contributed by atoms with Crippen LogP contribution in [0, 0.1) is 0 Å². The van der Waals surface area contributed by atoms with E-state index in [2.05, 4.69) is 0 Å². The molecule has 0 unspecified atom stereocenters. The first-order chi connectivity index (χ1) is 8.30. The van der Waals surface area contributed by atoms with Crippen LogP contribution in [0.5, 0.6) is 5.75 Å². The highest BCUT2D eigenvalue weighted by Crippen LogP contribution is 2.29. The number of fused-ring (bicyclic) bond motifs is 1. The molecule has 0 aliphatic carbocycles. The molecular weight excluding hydrogens is 218 g/mol. The number of benzene rings is 1. The van der Waals surface area contributed by atoms with Gasteiger partial charge in [-0.15, -0.1) is 0 Å². The highest BCUT2D eigenvalue weighted by molar-refractivity contribution is 5.83. The molecule has 0 saturated heterocycles. The van der Waals surface area contributed by atoms with E-state index in [0.717, 1.165) is 28.0 Å². The number of nitrogens with two attached hydrogens (primary N) is 1. The van der Waals surface area contributed by atoms with E-state index in [1.165, 1.54) is 0 Å². The molecule has 0 amide bonds. The van der Waals surface area contributed by atoms with E-state index >= 15 is 0 Å². The van der Waals surface area contributed by atoms with Gasteiger partial charge in [0.25, 0.3) is 0 Å². The zero-order valence-corrected chi connectivity index (χ0v) is 10.2. The van der Waals surface area contributed by atoms with Crippen LogP contribution in [-0.2, 0) is 17.9 Å². The minimum Gasteiger partial charge on any atom is -0.494 e. The Morgan fingerprint density at radius 2 is 2.18 bits per heavy atom.